The molecule has 0 bridgehead atoms. The minimum atomic E-state index is -0.265. The maximum atomic E-state index is 11.4. The summed E-state index contributed by atoms with van der Waals surface area (Å²) in [5, 5.41) is 0. The molecule has 0 spiro atoms. The molecule has 17 heavy (non-hydrogen) atoms. The summed E-state index contributed by atoms with van der Waals surface area (Å²) < 4.78 is 11.4. The van der Waals surface area contributed by atoms with Crippen molar-refractivity contribution in [2.24, 2.45) is 5.92 Å². The summed E-state index contributed by atoms with van der Waals surface area (Å²) in [5.41, 5.74) is 0. The molecule has 0 radical (unpaired) electrons. The van der Waals surface area contributed by atoms with E-state index in [1.165, 1.54) is 32.1 Å². The highest BCUT2D eigenvalue weighted by atomic mass is 16.5. The van der Waals surface area contributed by atoms with Gasteiger partial charge < -0.3 is 9.47 Å². The van der Waals surface area contributed by atoms with Crippen LogP contribution < -0.4 is 0 Å². The van der Waals surface area contributed by atoms with Crippen molar-refractivity contribution in [2.45, 2.75) is 64.1 Å². The summed E-state index contributed by atoms with van der Waals surface area (Å²) >= 11 is 0. The topological polar surface area (TPSA) is 35.5 Å². The molecule has 3 heteroatoms. The summed E-state index contributed by atoms with van der Waals surface area (Å²) in [5.74, 6) is 0.929. The van der Waals surface area contributed by atoms with Crippen molar-refractivity contribution < 1.29 is 14.3 Å². The van der Waals surface area contributed by atoms with Gasteiger partial charge in [-0.2, -0.15) is 0 Å². The van der Waals surface area contributed by atoms with Gasteiger partial charge in [0.2, 0.25) is 0 Å². The quantitative estimate of drug-likeness (QED) is 0.716. The number of ether oxygens (including phenoxy) is 2. The molecule has 0 aromatic heterocycles. The summed E-state index contributed by atoms with van der Waals surface area (Å²) in [6.45, 7) is 3.55. The van der Waals surface area contributed by atoms with Crippen LogP contribution in [0.1, 0.15) is 51.9 Å². The average molecular weight is 240 g/mol. The minimum absolute atomic E-state index is 0.0379. The first-order chi connectivity index (χ1) is 8.31. The van der Waals surface area contributed by atoms with E-state index in [1.54, 1.807) is 0 Å². The molecule has 0 N–H and O–H groups in total. The number of hydrogen-bond donors (Lipinski definition) is 0. The Labute approximate surface area is 104 Å². The SMILES string of the molecule is CCCOC1C(=O)CC1OCC1CCCCC1. The van der Waals surface area contributed by atoms with Gasteiger partial charge in [0.1, 0.15) is 6.10 Å². The fourth-order valence-electron chi connectivity index (χ4n) is 2.67. The van der Waals surface area contributed by atoms with Gasteiger partial charge in [-0.3, -0.25) is 4.79 Å². The molecule has 98 valence electrons. The molecule has 0 aromatic carbocycles. The van der Waals surface area contributed by atoms with Gasteiger partial charge in [-0.25, -0.2) is 0 Å². The Hall–Kier alpha value is -0.410. The zero-order valence-corrected chi connectivity index (χ0v) is 10.8. The van der Waals surface area contributed by atoms with Crippen molar-refractivity contribution in [1.82, 2.24) is 0 Å². The lowest BCUT2D eigenvalue weighted by atomic mass is 9.88. The van der Waals surface area contributed by atoms with Crippen LogP contribution in [0.15, 0.2) is 0 Å². The van der Waals surface area contributed by atoms with Gasteiger partial charge in [0, 0.05) is 19.6 Å². The standard InChI is InChI=1S/C14H24O3/c1-2-8-16-14-12(15)9-13(14)17-10-11-6-4-3-5-7-11/h11,13-14H,2-10H2,1H3. The third kappa shape index (κ3) is 3.52. The van der Waals surface area contributed by atoms with Crippen LogP contribution in [0.4, 0.5) is 0 Å². The van der Waals surface area contributed by atoms with E-state index in [0.29, 0.717) is 18.9 Å². The molecule has 2 rings (SSSR count). The number of rotatable bonds is 6. The van der Waals surface area contributed by atoms with Crippen LogP contribution in [0, 0.1) is 5.92 Å². The molecule has 2 saturated carbocycles. The first kappa shape index (κ1) is 13.0. The fourth-order valence-corrected chi connectivity index (χ4v) is 2.67. The smallest absolute Gasteiger partial charge is 0.166 e. The molecule has 2 atom stereocenters. The van der Waals surface area contributed by atoms with E-state index in [2.05, 4.69) is 6.92 Å². The number of carbonyl (C=O) groups is 1. The van der Waals surface area contributed by atoms with Gasteiger partial charge >= 0.3 is 0 Å². The van der Waals surface area contributed by atoms with Crippen molar-refractivity contribution in [2.75, 3.05) is 13.2 Å². The first-order valence-electron chi connectivity index (χ1n) is 7.07. The van der Waals surface area contributed by atoms with E-state index < -0.39 is 0 Å². The van der Waals surface area contributed by atoms with Crippen molar-refractivity contribution in [1.29, 1.82) is 0 Å². The van der Waals surface area contributed by atoms with E-state index >= 15 is 0 Å². The van der Waals surface area contributed by atoms with E-state index in [0.717, 1.165) is 13.0 Å². The lowest BCUT2D eigenvalue weighted by Crippen LogP contribution is -2.51. The summed E-state index contributed by atoms with van der Waals surface area (Å²) in [6, 6.07) is 0. The predicted octanol–water partition coefficient (Wildman–Crippen LogP) is 2.72. The summed E-state index contributed by atoms with van der Waals surface area (Å²) in [4.78, 5) is 11.4. The maximum absolute atomic E-state index is 11.4. The van der Waals surface area contributed by atoms with Gasteiger partial charge in [-0.15, -0.1) is 0 Å². The minimum Gasteiger partial charge on any atom is -0.374 e. The number of ketones is 1. The normalized spacial score (nSPS) is 30.3. The Morgan fingerprint density at radius 2 is 1.94 bits per heavy atom. The highest BCUT2D eigenvalue weighted by Crippen LogP contribution is 2.28. The van der Waals surface area contributed by atoms with Crippen LogP contribution in [-0.4, -0.2) is 31.2 Å². The van der Waals surface area contributed by atoms with E-state index in [-0.39, 0.29) is 18.0 Å². The third-order valence-electron chi connectivity index (χ3n) is 3.83. The summed E-state index contributed by atoms with van der Waals surface area (Å²) in [6.07, 6.45) is 7.93. The molecular weight excluding hydrogens is 216 g/mol. The molecule has 2 unspecified atom stereocenters. The van der Waals surface area contributed by atoms with Gasteiger partial charge in [0.25, 0.3) is 0 Å². The second-order valence-electron chi connectivity index (χ2n) is 5.34. The van der Waals surface area contributed by atoms with Crippen LogP contribution in [0.2, 0.25) is 0 Å². The lowest BCUT2D eigenvalue weighted by Gasteiger charge is -2.35. The highest BCUT2D eigenvalue weighted by Gasteiger charge is 2.41. The zero-order valence-electron chi connectivity index (χ0n) is 10.8. The number of Topliss-reactive ketones (excluding diaryl/α,β-unsaturated/α-hetero) is 1. The van der Waals surface area contributed by atoms with Crippen LogP contribution in [0.3, 0.4) is 0 Å². The molecule has 2 fully saturated rings. The van der Waals surface area contributed by atoms with Crippen molar-refractivity contribution >= 4 is 5.78 Å². The van der Waals surface area contributed by atoms with E-state index in [4.69, 9.17) is 9.47 Å². The zero-order chi connectivity index (χ0) is 12.1. The first-order valence-corrected chi connectivity index (χ1v) is 7.07. The molecule has 0 aliphatic heterocycles. The Kier molecular flexibility index (Phi) is 4.99. The number of hydrogen-bond acceptors (Lipinski definition) is 3. The molecule has 0 heterocycles. The van der Waals surface area contributed by atoms with Crippen LogP contribution in [-0.2, 0) is 14.3 Å². The Bertz CT molecular complexity index is 246. The molecule has 3 nitrogen and oxygen atoms in total. The van der Waals surface area contributed by atoms with Crippen molar-refractivity contribution in [3.63, 3.8) is 0 Å². The highest BCUT2D eigenvalue weighted by molar-refractivity contribution is 5.90. The predicted molar refractivity (Wildman–Crippen MR) is 66.0 cm³/mol. The van der Waals surface area contributed by atoms with Gasteiger partial charge in [0.05, 0.1) is 6.10 Å². The van der Waals surface area contributed by atoms with Crippen LogP contribution in [0.5, 0.6) is 0 Å². The lowest BCUT2D eigenvalue weighted by molar-refractivity contribution is -0.168. The molecule has 0 aromatic rings. The molecule has 0 saturated heterocycles. The maximum Gasteiger partial charge on any atom is 0.166 e. The van der Waals surface area contributed by atoms with Crippen LogP contribution in [0.25, 0.3) is 0 Å². The Balaban J connectivity index is 1.66. The largest absolute Gasteiger partial charge is 0.374 e. The monoisotopic (exact) mass is 240 g/mol. The molecule has 2 aliphatic carbocycles. The Morgan fingerprint density at radius 1 is 1.18 bits per heavy atom. The Morgan fingerprint density at radius 3 is 2.59 bits per heavy atom. The van der Waals surface area contributed by atoms with Crippen molar-refractivity contribution in [3.05, 3.63) is 0 Å². The van der Waals surface area contributed by atoms with Gasteiger partial charge in [-0.1, -0.05) is 26.2 Å². The van der Waals surface area contributed by atoms with E-state index in [9.17, 15) is 4.79 Å². The molecular formula is C14H24O3. The molecule has 2 aliphatic rings. The second kappa shape index (κ2) is 6.50. The van der Waals surface area contributed by atoms with Gasteiger partial charge in [0.15, 0.2) is 5.78 Å². The second-order valence-corrected chi connectivity index (χ2v) is 5.34. The van der Waals surface area contributed by atoms with Crippen molar-refractivity contribution in [3.8, 4) is 0 Å². The van der Waals surface area contributed by atoms with Gasteiger partial charge in [-0.05, 0) is 25.2 Å². The van der Waals surface area contributed by atoms with Crippen LogP contribution >= 0.6 is 0 Å². The van der Waals surface area contributed by atoms with E-state index in [1.807, 2.05) is 0 Å². The average Bonchev–Trinajstić information content (AvgIpc) is 2.36. The third-order valence-corrected chi connectivity index (χ3v) is 3.83. The summed E-state index contributed by atoms with van der Waals surface area (Å²) in [7, 11) is 0. The fraction of sp³-hybridized carbons (Fsp3) is 0.929. The number of carbonyl (C=O) groups excluding carboxylic acids is 1. The molecule has 0 amide bonds.